The van der Waals surface area contributed by atoms with Crippen molar-refractivity contribution >= 4 is 16.9 Å². The van der Waals surface area contributed by atoms with Crippen molar-refractivity contribution in [2.24, 2.45) is 5.92 Å². The number of furan rings is 1. The van der Waals surface area contributed by atoms with Gasteiger partial charge < -0.3 is 14.6 Å². The highest BCUT2D eigenvalue weighted by atomic mass is 16.3. The number of carbonyl (C=O) groups is 1. The highest BCUT2D eigenvalue weighted by Crippen LogP contribution is 2.23. The highest BCUT2D eigenvalue weighted by molar-refractivity contribution is 6.05. The lowest BCUT2D eigenvalue weighted by molar-refractivity contribution is 0.0728. The van der Waals surface area contributed by atoms with E-state index < -0.39 is 0 Å². The average molecular weight is 286 g/mol. The van der Waals surface area contributed by atoms with Crippen LogP contribution in [0.2, 0.25) is 0 Å². The molecule has 112 valence electrons. The molecule has 1 aliphatic heterocycles. The standard InChI is InChI=1S/C17H22N2O2/c1-2-19(11-13-7-9-18-10-8-13)17(20)15-12-21-16-6-4-3-5-14(15)16/h3-6,12-13,18H,2,7-11H2,1H3. The SMILES string of the molecule is CCN(CC1CCNCC1)C(=O)c1coc2ccccc12. The molecule has 0 saturated carbocycles. The van der Waals surface area contributed by atoms with Gasteiger partial charge in [0, 0.05) is 18.5 Å². The van der Waals surface area contributed by atoms with Gasteiger partial charge in [0.05, 0.1) is 5.56 Å². The molecule has 3 rings (SSSR count). The summed E-state index contributed by atoms with van der Waals surface area (Å²) >= 11 is 0. The molecule has 21 heavy (non-hydrogen) atoms. The molecule has 1 aliphatic rings. The molecule has 4 heteroatoms. The van der Waals surface area contributed by atoms with Gasteiger partial charge in [-0.3, -0.25) is 4.79 Å². The summed E-state index contributed by atoms with van der Waals surface area (Å²) in [6.45, 7) is 5.75. The van der Waals surface area contributed by atoms with E-state index >= 15 is 0 Å². The maximum atomic E-state index is 12.8. The van der Waals surface area contributed by atoms with Crippen molar-refractivity contribution < 1.29 is 9.21 Å². The van der Waals surface area contributed by atoms with E-state index in [9.17, 15) is 4.79 Å². The van der Waals surface area contributed by atoms with Crippen LogP contribution in [0.25, 0.3) is 11.0 Å². The quantitative estimate of drug-likeness (QED) is 0.940. The normalized spacial score (nSPS) is 16.2. The maximum Gasteiger partial charge on any atom is 0.257 e. The second-order valence-corrected chi connectivity index (χ2v) is 5.68. The molecule has 0 spiro atoms. The first-order valence-electron chi connectivity index (χ1n) is 7.75. The third kappa shape index (κ3) is 2.95. The van der Waals surface area contributed by atoms with Crippen LogP contribution in [0, 0.1) is 5.92 Å². The summed E-state index contributed by atoms with van der Waals surface area (Å²) in [6, 6.07) is 7.71. The number of fused-ring (bicyclic) bond motifs is 1. The first-order valence-corrected chi connectivity index (χ1v) is 7.75. The Bertz CT molecular complexity index is 614. The number of piperidine rings is 1. The molecule has 1 amide bonds. The number of rotatable bonds is 4. The van der Waals surface area contributed by atoms with Crippen LogP contribution in [0.1, 0.15) is 30.1 Å². The van der Waals surface area contributed by atoms with E-state index in [0.29, 0.717) is 11.5 Å². The van der Waals surface area contributed by atoms with Gasteiger partial charge in [-0.15, -0.1) is 0 Å². The van der Waals surface area contributed by atoms with Gasteiger partial charge in [-0.2, -0.15) is 0 Å². The minimum absolute atomic E-state index is 0.0842. The van der Waals surface area contributed by atoms with Crippen LogP contribution in [0.3, 0.4) is 0 Å². The molecule has 2 aromatic rings. The van der Waals surface area contributed by atoms with E-state index in [-0.39, 0.29) is 5.91 Å². The summed E-state index contributed by atoms with van der Waals surface area (Å²) in [6.07, 6.45) is 3.89. The summed E-state index contributed by atoms with van der Waals surface area (Å²) in [4.78, 5) is 14.7. The summed E-state index contributed by atoms with van der Waals surface area (Å²) < 4.78 is 5.50. The average Bonchev–Trinajstić information content (AvgIpc) is 2.97. The van der Waals surface area contributed by atoms with E-state index in [1.54, 1.807) is 6.26 Å². The number of amides is 1. The second kappa shape index (κ2) is 6.31. The van der Waals surface area contributed by atoms with Gasteiger partial charge in [-0.1, -0.05) is 18.2 Å². The van der Waals surface area contributed by atoms with Gasteiger partial charge in [0.25, 0.3) is 5.91 Å². The van der Waals surface area contributed by atoms with E-state index in [2.05, 4.69) is 5.32 Å². The summed E-state index contributed by atoms with van der Waals surface area (Å²) in [5, 5.41) is 4.28. The maximum absolute atomic E-state index is 12.8. The number of nitrogens with zero attached hydrogens (tertiary/aromatic N) is 1. The van der Waals surface area contributed by atoms with Gasteiger partial charge in [-0.05, 0) is 44.8 Å². The van der Waals surface area contributed by atoms with Crippen LogP contribution < -0.4 is 5.32 Å². The number of hydrogen-bond donors (Lipinski definition) is 1. The van der Waals surface area contributed by atoms with Crippen molar-refractivity contribution in [3.8, 4) is 0 Å². The third-order valence-electron chi connectivity index (χ3n) is 4.32. The molecule has 2 heterocycles. The van der Waals surface area contributed by atoms with Gasteiger partial charge in [0.15, 0.2) is 0 Å². The minimum atomic E-state index is 0.0842. The van der Waals surface area contributed by atoms with E-state index in [4.69, 9.17) is 4.42 Å². The van der Waals surface area contributed by atoms with Crippen LogP contribution in [0.5, 0.6) is 0 Å². The Morgan fingerprint density at radius 3 is 2.86 bits per heavy atom. The molecule has 0 radical (unpaired) electrons. The van der Waals surface area contributed by atoms with Gasteiger partial charge in [0.1, 0.15) is 11.8 Å². The van der Waals surface area contributed by atoms with Crippen LogP contribution >= 0.6 is 0 Å². The Kier molecular flexibility index (Phi) is 4.25. The fourth-order valence-corrected chi connectivity index (χ4v) is 3.05. The Morgan fingerprint density at radius 2 is 2.10 bits per heavy atom. The Morgan fingerprint density at radius 1 is 1.33 bits per heavy atom. The Labute approximate surface area is 125 Å². The predicted octanol–water partition coefficient (Wildman–Crippen LogP) is 2.89. The summed E-state index contributed by atoms with van der Waals surface area (Å²) in [5.74, 6) is 0.689. The van der Waals surface area contributed by atoms with Gasteiger partial charge >= 0.3 is 0 Å². The molecule has 0 bridgehead atoms. The lowest BCUT2D eigenvalue weighted by Crippen LogP contribution is -2.39. The fourth-order valence-electron chi connectivity index (χ4n) is 3.05. The Balaban J connectivity index is 1.78. The second-order valence-electron chi connectivity index (χ2n) is 5.68. The van der Waals surface area contributed by atoms with Crippen molar-refractivity contribution in [2.75, 3.05) is 26.2 Å². The van der Waals surface area contributed by atoms with E-state index in [1.165, 1.54) is 0 Å². The topological polar surface area (TPSA) is 45.5 Å². The van der Waals surface area contributed by atoms with Crippen molar-refractivity contribution in [3.05, 3.63) is 36.1 Å². The molecule has 4 nitrogen and oxygen atoms in total. The smallest absolute Gasteiger partial charge is 0.257 e. The molecule has 0 unspecified atom stereocenters. The molecule has 1 saturated heterocycles. The number of hydrogen-bond acceptors (Lipinski definition) is 3. The molecule has 0 atom stereocenters. The number of nitrogens with one attached hydrogen (secondary N) is 1. The summed E-state index contributed by atoms with van der Waals surface area (Å²) in [5.41, 5.74) is 1.46. The van der Waals surface area contributed by atoms with Crippen molar-refractivity contribution in [1.29, 1.82) is 0 Å². The fraction of sp³-hybridized carbons (Fsp3) is 0.471. The molecule has 0 aliphatic carbocycles. The van der Waals surface area contributed by atoms with Crippen molar-refractivity contribution in [3.63, 3.8) is 0 Å². The zero-order valence-electron chi connectivity index (χ0n) is 12.5. The zero-order chi connectivity index (χ0) is 14.7. The molecular weight excluding hydrogens is 264 g/mol. The van der Waals surface area contributed by atoms with E-state index in [0.717, 1.165) is 50.0 Å². The lowest BCUT2D eigenvalue weighted by Gasteiger charge is -2.29. The molecule has 1 aromatic carbocycles. The molecule has 1 fully saturated rings. The van der Waals surface area contributed by atoms with Crippen LogP contribution in [-0.4, -0.2) is 37.0 Å². The largest absolute Gasteiger partial charge is 0.463 e. The molecule has 1 N–H and O–H groups in total. The van der Waals surface area contributed by atoms with Crippen LogP contribution in [-0.2, 0) is 0 Å². The lowest BCUT2D eigenvalue weighted by atomic mass is 9.97. The van der Waals surface area contributed by atoms with Crippen LogP contribution in [0.15, 0.2) is 34.9 Å². The number of carbonyl (C=O) groups excluding carboxylic acids is 1. The van der Waals surface area contributed by atoms with Crippen LogP contribution in [0.4, 0.5) is 0 Å². The first kappa shape index (κ1) is 14.1. The Hall–Kier alpha value is -1.81. The number of para-hydroxylation sites is 1. The monoisotopic (exact) mass is 286 g/mol. The predicted molar refractivity (Wildman–Crippen MR) is 83.4 cm³/mol. The van der Waals surface area contributed by atoms with Gasteiger partial charge in [0.2, 0.25) is 0 Å². The molecular formula is C17H22N2O2. The van der Waals surface area contributed by atoms with Gasteiger partial charge in [-0.25, -0.2) is 0 Å². The molecule has 1 aromatic heterocycles. The first-order chi connectivity index (χ1) is 10.3. The summed E-state index contributed by atoms with van der Waals surface area (Å²) in [7, 11) is 0. The third-order valence-corrected chi connectivity index (χ3v) is 4.32. The van der Waals surface area contributed by atoms with Crippen molar-refractivity contribution in [2.45, 2.75) is 19.8 Å². The zero-order valence-corrected chi connectivity index (χ0v) is 12.5. The highest BCUT2D eigenvalue weighted by Gasteiger charge is 2.23. The van der Waals surface area contributed by atoms with Crippen molar-refractivity contribution in [1.82, 2.24) is 10.2 Å². The number of benzene rings is 1. The van der Waals surface area contributed by atoms with E-state index in [1.807, 2.05) is 36.1 Å². The minimum Gasteiger partial charge on any atom is -0.463 e.